The second-order valence-corrected chi connectivity index (χ2v) is 8.27. The number of benzene rings is 1. The smallest absolute Gasteiger partial charge is 0.317 e. The van der Waals surface area contributed by atoms with Crippen LogP contribution in [0.3, 0.4) is 0 Å². The molecule has 2 aromatic rings. The molecule has 8 heteroatoms. The monoisotopic (exact) mass is 412 g/mol. The van der Waals surface area contributed by atoms with Crippen molar-refractivity contribution in [2.75, 3.05) is 26.2 Å². The molecular weight excluding hydrogens is 391 g/mol. The zero-order valence-corrected chi connectivity index (χ0v) is 17.0. The van der Waals surface area contributed by atoms with E-state index in [1.807, 2.05) is 17.9 Å². The lowest BCUT2D eigenvalue weighted by atomic mass is 10.2. The van der Waals surface area contributed by atoms with E-state index < -0.39 is 0 Å². The first kappa shape index (κ1) is 19.4. The van der Waals surface area contributed by atoms with Crippen molar-refractivity contribution in [2.24, 2.45) is 0 Å². The van der Waals surface area contributed by atoms with Crippen molar-refractivity contribution < 1.29 is 4.79 Å². The lowest BCUT2D eigenvalue weighted by Gasteiger charge is -2.22. The Balaban J connectivity index is 1.49. The van der Waals surface area contributed by atoms with Gasteiger partial charge in [0.1, 0.15) is 0 Å². The number of rotatable bonds is 4. The zero-order valence-electron chi connectivity index (χ0n) is 14.7. The summed E-state index contributed by atoms with van der Waals surface area (Å²) in [6.45, 7) is 6.56. The molecule has 0 aliphatic carbocycles. The quantitative estimate of drug-likeness (QED) is 0.818. The van der Waals surface area contributed by atoms with Crippen LogP contribution in [-0.2, 0) is 13.1 Å². The van der Waals surface area contributed by atoms with Crippen LogP contribution in [0.2, 0.25) is 10.0 Å². The highest BCUT2D eigenvalue weighted by Crippen LogP contribution is 2.21. The van der Waals surface area contributed by atoms with Crippen LogP contribution in [0.25, 0.3) is 0 Å². The number of amides is 2. The van der Waals surface area contributed by atoms with Gasteiger partial charge >= 0.3 is 6.03 Å². The number of aryl methyl sites for hydroxylation is 1. The normalized spacial score (nSPS) is 15.7. The summed E-state index contributed by atoms with van der Waals surface area (Å²) in [4.78, 5) is 21.2. The summed E-state index contributed by atoms with van der Waals surface area (Å²) in [6, 6.07) is 5.25. The summed E-state index contributed by atoms with van der Waals surface area (Å²) < 4.78 is 0. The van der Waals surface area contributed by atoms with Crippen molar-refractivity contribution in [3.63, 3.8) is 0 Å². The van der Waals surface area contributed by atoms with Crippen molar-refractivity contribution in [1.82, 2.24) is 20.1 Å². The fourth-order valence-corrected chi connectivity index (χ4v) is 4.07. The van der Waals surface area contributed by atoms with Crippen LogP contribution in [0.15, 0.2) is 23.6 Å². The summed E-state index contributed by atoms with van der Waals surface area (Å²) in [5.41, 5.74) is 1.97. The number of carbonyl (C=O) groups excluding carboxylic acids is 1. The number of aromatic nitrogens is 1. The van der Waals surface area contributed by atoms with Gasteiger partial charge in [0, 0.05) is 54.7 Å². The van der Waals surface area contributed by atoms with E-state index in [1.165, 1.54) is 0 Å². The first-order chi connectivity index (χ1) is 12.5. The van der Waals surface area contributed by atoms with Gasteiger partial charge in [-0.1, -0.05) is 29.3 Å². The Morgan fingerprint density at radius 1 is 1.27 bits per heavy atom. The average molecular weight is 413 g/mol. The molecule has 1 aliphatic heterocycles. The van der Waals surface area contributed by atoms with E-state index >= 15 is 0 Å². The molecule has 5 nitrogen and oxygen atoms in total. The molecule has 0 atom stereocenters. The standard InChI is InChI=1S/C18H22Cl2N4OS/c1-13-22-16(12-26-13)11-23-5-2-6-24(8-7-23)18(25)21-10-14-3-4-15(19)9-17(14)20/h3-4,9,12H,2,5-8,10-11H2,1H3,(H,21,25). The van der Waals surface area contributed by atoms with Crippen molar-refractivity contribution >= 4 is 40.6 Å². The van der Waals surface area contributed by atoms with Crippen LogP contribution in [-0.4, -0.2) is 47.0 Å². The van der Waals surface area contributed by atoms with Crippen molar-refractivity contribution in [3.8, 4) is 0 Å². The summed E-state index contributed by atoms with van der Waals surface area (Å²) >= 11 is 13.7. The fourth-order valence-electron chi connectivity index (χ4n) is 2.99. The molecule has 1 aromatic heterocycles. The number of thiazole rings is 1. The van der Waals surface area contributed by atoms with Gasteiger partial charge in [-0.15, -0.1) is 11.3 Å². The van der Waals surface area contributed by atoms with Gasteiger partial charge in [0.2, 0.25) is 0 Å². The third-order valence-corrected chi connectivity index (χ3v) is 5.78. The molecule has 0 saturated carbocycles. The van der Waals surface area contributed by atoms with Gasteiger partial charge in [-0.25, -0.2) is 9.78 Å². The second-order valence-electron chi connectivity index (χ2n) is 6.37. The topological polar surface area (TPSA) is 48.5 Å². The van der Waals surface area contributed by atoms with Crippen LogP contribution < -0.4 is 5.32 Å². The molecule has 3 rings (SSSR count). The molecule has 1 aromatic carbocycles. The number of halogens is 2. The molecule has 140 valence electrons. The molecule has 0 unspecified atom stereocenters. The zero-order chi connectivity index (χ0) is 18.5. The summed E-state index contributed by atoms with van der Waals surface area (Å²) in [7, 11) is 0. The predicted octanol–water partition coefficient (Wildman–Crippen LogP) is 4.18. The summed E-state index contributed by atoms with van der Waals surface area (Å²) in [5, 5.41) is 7.32. The molecule has 1 N–H and O–H groups in total. The Labute approximate surface area is 167 Å². The van der Waals surface area contributed by atoms with E-state index in [-0.39, 0.29) is 6.03 Å². The van der Waals surface area contributed by atoms with Gasteiger partial charge in [0.25, 0.3) is 0 Å². The van der Waals surface area contributed by atoms with Gasteiger partial charge in [-0.3, -0.25) is 4.90 Å². The fraction of sp³-hybridized carbons (Fsp3) is 0.444. The Kier molecular flexibility index (Phi) is 6.75. The van der Waals surface area contributed by atoms with Crippen molar-refractivity contribution in [2.45, 2.75) is 26.4 Å². The third-order valence-electron chi connectivity index (χ3n) is 4.37. The number of hydrogen-bond donors (Lipinski definition) is 1. The molecule has 0 spiro atoms. The lowest BCUT2D eigenvalue weighted by Crippen LogP contribution is -2.41. The first-order valence-electron chi connectivity index (χ1n) is 8.61. The van der Waals surface area contributed by atoms with Crippen LogP contribution in [0.1, 0.15) is 22.7 Å². The maximum absolute atomic E-state index is 12.5. The van der Waals surface area contributed by atoms with Crippen molar-refractivity contribution in [1.29, 1.82) is 0 Å². The van der Waals surface area contributed by atoms with E-state index in [1.54, 1.807) is 23.5 Å². The van der Waals surface area contributed by atoms with E-state index in [0.29, 0.717) is 23.1 Å². The van der Waals surface area contributed by atoms with E-state index in [4.69, 9.17) is 23.2 Å². The number of hydrogen-bond acceptors (Lipinski definition) is 4. The predicted molar refractivity (Wildman–Crippen MR) is 107 cm³/mol. The number of carbonyl (C=O) groups is 1. The Morgan fingerprint density at radius 2 is 2.12 bits per heavy atom. The Bertz CT molecular complexity index is 767. The van der Waals surface area contributed by atoms with Gasteiger partial charge < -0.3 is 10.2 Å². The van der Waals surface area contributed by atoms with Gasteiger partial charge in [0.15, 0.2) is 0 Å². The third kappa shape index (κ3) is 5.33. The Morgan fingerprint density at radius 3 is 2.85 bits per heavy atom. The number of nitrogens with one attached hydrogen (secondary N) is 1. The van der Waals surface area contributed by atoms with Crippen LogP contribution in [0, 0.1) is 6.92 Å². The van der Waals surface area contributed by atoms with E-state index in [9.17, 15) is 4.79 Å². The van der Waals surface area contributed by atoms with E-state index in [2.05, 4.69) is 20.6 Å². The van der Waals surface area contributed by atoms with Crippen LogP contribution >= 0.6 is 34.5 Å². The maximum Gasteiger partial charge on any atom is 0.317 e. The highest BCUT2D eigenvalue weighted by molar-refractivity contribution is 7.09. The minimum atomic E-state index is -0.0534. The summed E-state index contributed by atoms with van der Waals surface area (Å²) in [6.07, 6.45) is 0.957. The minimum Gasteiger partial charge on any atom is -0.334 e. The van der Waals surface area contributed by atoms with Gasteiger partial charge in [0.05, 0.1) is 10.7 Å². The molecule has 1 aliphatic rings. The molecular formula is C18H22Cl2N4OS. The second kappa shape index (κ2) is 9.04. The number of urea groups is 1. The van der Waals surface area contributed by atoms with Crippen LogP contribution in [0.5, 0.6) is 0 Å². The average Bonchev–Trinajstić information content (AvgIpc) is 2.87. The highest BCUT2D eigenvalue weighted by atomic mass is 35.5. The molecule has 2 heterocycles. The molecule has 0 bridgehead atoms. The molecule has 1 fully saturated rings. The summed E-state index contributed by atoms with van der Waals surface area (Å²) in [5.74, 6) is 0. The maximum atomic E-state index is 12.5. The number of nitrogens with zero attached hydrogens (tertiary/aromatic N) is 3. The molecule has 1 saturated heterocycles. The van der Waals surface area contributed by atoms with Gasteiger partial charge in [-0.05, 0) is 31.0 Å². The largest absolute Gasteiger partial charge is 0.334 e. The molecule has 26 heavy (non-hydrogen) atoms. The minimum absolute atomic E-state index is 0.0534. The Hall–Kier alpha value is -1.34. The lowest BCUT2D eigenvalue weighted by molar-refractivity contribution is 0.197. The van der Waals surface area contributed by atoms with Gasteiger partial charge in [-0.2, -0.15) is 0 Å². The highest BCUT2D eigenvalue weighted by Gasteiger charge is 2.19. The molecule has 0 radical (unpaired) electrons. The SMILES string of the molecule is Cc1nc(CN2CCCN(C(=O)NCc3ccc(Cl)cc3Cl)CC2)cs1. The first-order valence-corrected chi connectivity index (χ1v) is 10.2. The van der Waals surface area contributed by atoms with Crippen molar-refractivity contribution in [3.05, 3.63) is 49.9 Å². The van der Waals surface area contributed by atoms with Crippen LogP contribution in [0.4, 0.5) is 4.79 Å². The molecule has 2 amide bonds. The van der Waals surface area contributed by atoms with E-state index in [0.717, 1.165) is 48.9 Å².